The average Bonchev–Trinajstić information content (AvgIpc) is 3.08. The molecule has 8 heteroatoms. The molecule has 4 rings (SSSR count). The molecule has 7 atom stereocenters. The Hall–Kier alpha value is -2.06. The molecule has 0 spiro atoms. The van der Waals surface area contributed by atoms with Gasteiger partial charge in [-0.2, -0.15) is 10.2 Å². The van der Waals surface area contributed by atoms with Gasteiger partial charge >= 0.3 is 0 Å². The van der Waals surface area contributed by atoms with Crippen LogP contribution in [0.4, 0.5) is 0 Å². The number of nitrogens with two attached hydrogens (primary N) is 2. The smallest absolute Gasteiger partial charge is 0.184 e. The highest BCUT2D eigenvalue weighted by molar-refractivity contribution is 7.80. The number of fused-ring (bicyclic) bond motifs is 2. The normalized spacial score (nSPS) is 32.0. The first kappa shape index (κ1) is 48.3. The maximum absolute atomic E-state index is 5.41. The molecule has 0 aliphatic heterocycles. The summed E-state index contributed by atoms with van der Waals surface area (Å²) in [4.78, 5) is 0. The molecule has 0 aromatic rings. The molecule has 0 heterocycles. The molecule has 0 saturated heterocycles. The number of hydrogen-bond donors (Lipinski definition) is 4. The van der Waals surface area contributed by atoms with Gasteiger partial charge in [-0.1, -0.05) is 103 Å². The first-order chi connectivity index (χ1) is 26.1. The van der Waals surface area contributed by atoms with Crippen molar-refractivity contribution in [3.05, 3.63) is 35.5 Å². The standard InChI is InChI=1S/C24H43N3S.C24H41N3S/c2*1-17(9-7-10-19(3)26-27-22(25)28)11-13-20-18(2)12-14-21-23(4,5)15-8-16-24(20,21)6/h9,18,20-21H,7-8,10-16H2,1-6H3,(H3,25,27,28);9,20-21H,2,7-8,10-16H2,1,3-6H3,(H3,25,27,28)/b2*17-9-,26-19+/t18?,20?,21?,24-;20?,21?,24-/m11/s1. The van der Waals surface area contributed by atoms with Crippen LogP contribution in [0.3, 0.4) is 0 Å². The summed E-state index contributed by atoms with van der Waals surface area (Å²) in [6, 6.07) is 0. The van der Waals surface area contributed by atoms with Gasteiger partial charge in [0.15, 0.2) is 10.2 Å². The van der Waals surface area contributed by atoms with Crippen molar-refractivity contribution in [2.75, 3.05) is 0 Å². The van der Waals surface area contributed by atoms with Crippen LogP contribution >= 0.6 is 24.4 Å². The minimum absolute atomic E-state index is 0.219. The second-order valence-corrected chi connectivity index (χ2v) is 21.5. The Morgan fingerprint density at radius 1 is 0.696 bits per heavy atom. The van der Waals surface area contributed by atoms with E-state index in [2.05, 4.69) is 102 Å². The fraction of sp³-hybridized carbons (Fsp3) is 0.792. The lowest BCUT2D eigenvalue weighted by Crippen LogP contribution is -2.51. The third kappa shape index (κ3) is 13.5. The van der Waals surface area contributed by atoms with Crippen LogP contribution in [0.2, 0.25) is 0 Å². The largest absolute Gasteiger partial charge is 0.375 e. The Balaban J connectivity index is 0.000000300. The summed E-state index contributed by atoms with van der Waals surface area (Å²) in [5.41, 5.74) is 24.7. The van der Waals surface area contributed by atoms with Crippen LogP contribution in [0, 0.1) is 51.2 Å². The van der Waals surface area contributed by atoms with Gasteiger partial charge in [0.1, 0.15) is 0 Å². The molecule has 318 valence electrons. The van der Waals surface area contributed by atoms with E-state index in [1.807, 2.05) is 13.8 Å². The summed E-state index contributed by atoms with van der Waals surface area (Å²) >= 11 is 9.56. The second kappa shape index (κ2) is 21.3. The Morgan fingerprint density at radius 3 is 1.66 bits per heavy atom. The van der Waals surface area contributed by atoms with Crippen LogP contribution in [-0.4, -0.2) is 21.6 Å². The van der Waals surface area contributed by atoms with Crippen LogP contribution in [-0.2, 0) is 0 Å². The molecule has 56 heavy (non-hydrogen) atoms. The second-order valence-electron chi connectivity index (χ2n) is 20.6. The summed E-state index contributed by atoms with van der Waals surface area (Å²) in [5.74, 6) is 4.15. The van der Waals surface area contributed by atoms with Crippen molar-refractivity contribution in [3.8, 4) is 0 Å². The lowest BCUT2D eigenvalue weighted by atomic mass is 9.46. The third-order valence-electron chi connectivity index (χ3n) is 15.4. The number of nitrogens with one attached hydrogen (secondary N) is 2. The number of rotatable bonds is 14. The van der Waals surface area contributed by atoms with Gasteiger partial charge in [-0.15, -0.1) is 0 Å². The zero-order valence-electron chi connectivity index (χ0n) is 37.8. The minimum atomic E-state index is 0.219. The van der Waals surface area contributed by atoms with Gasteiger partial charge in [-0.25, -0.2) is 0 Å². The van der Waals surface area contributed by atoms with E-state index in [0.717, 1.165) is 60.8 Å². The number of hydrazone groups is 2. The summed E-state index contributed by atoms with van der Waals surface area (Å²) in [6.07, 6.45) is 27.5. The van der Waals surface area contributed by atoms with E-state index in [1.54, 1.807) is 0 Å². The summed E-state index contributed by atoms with van der Waals surface area (Å²) in [5, 5.41) is 8.81. The van der Waals surface area contributed by atoms with Gasteiger partial charge in [0.05, 0.1) is 0 Å². The SMILES string of the molecule is C/C(=C/CC/C(C)=N/NC(N)=S)CCC1C(C)CCC2C(C)(C)CCC[C@]12C.C=C1CCC2C(C)(C)CCC[C@]2(C)C1CC/C(C)=C\CC/C(C)=N/NC(N)=S. The average molecular weight is 809 g/mol. The van der Waals surface area contributed by atoms with Crippen LogP contribution in [0.25, 0.3) is 0 Å². The molecule has 4 aliphatic carbocycles. The van der Waals surface area contributed by atoms with Crippen molar-refractivity contribution in [3.63, 3.8) is 0 Å². The molecule has 0 aromatic heterocycles. The molecule has 6 nitrogen and oxygen atoms in total. The molecule has 0 bridgehead atoms. The predicted octanol–water partition coefficient (Wildman–Crippen LogP) is 13.1. The van der Waals surface area contributed by atoms with E-state index in [4.69, 9.17) is 35.9 Å². The van der Waals surface area contributed by atoms with Gasteiger partial charge in [-0.3, -0.25) is 10.9 Å². The summed E-state index contributed by atoms with van der Waals surface area (Å²) in [7, 11) is 0. The van der Waals surface area contributed by atoms with Gasteiger partial charge in [0.25, 0.3) is 0 Å². The number of nitrogens with zero attached hydrogens (tertiary/aromatic N) is 2. The van der Waals surface area contributed by atoms with E-state index in [0.29, 0.717) is 27.6 Å². The third-order valence-corrected chi connectivity index (χ3v) is 15.6. The molecular formula is C48H84N6S2. The van der Waals surface area contributed by atoms with Crippen molar-refractivity contribution >= 4 is 46.1 Å². The first-order valence-corrected chi connectivity index (χ1v) is 23.1. The van der Waals surface area contributed by atoms with Crippen molar-refractivity contribution in [2.24, 2.45) is 72.9 Å². The fourth-order valence-electron chi connectivity index (χ4n) is 12.5. The molecule has 4 fully saturated rings. The Morgan fingerprint density at radius 2 is 1.16 bits per heavy atom. The van der Waals surface area contributed by atoms with E-state index >= 15 is 0 Å². The van der Waals surface area contributed by atoms with Crippen LogP contribution in [0.1, 0.15) is 192 Å². The van der Waals surface area contributed by atoms with E-state index in [1.165, 1.54) is 107 Å². The Bertz CT molecular complexity index is 1470. The summed E-state index contributed by atoms with van der Waals surface area (Å²) in [6.45, 7) is 30.9. The molecule has 5 unspecified atom stereocenters. The maximum atomic E-state index is 5.41. The van der Waals surface area contributed by atoms with Gasteiger partial charge in [-0.05, 0) is 200 Å². The van der Waals surface area contributed by atoms with E-state index in [9.17, 15) is 0 Å². The lowest BCUT2D eigenvalue weighted by molar-refractivity contribution is -0.0957. The Kier molecular flexibility index (Phi) is 18.4. The highest BCUT2D eigenvalue weighted by Crippen LogP contribution is 2.63. The van der Waals surface area contributed by atoms with Crippen LogP contribution in [0.15, 0.2) is 45.7 Å². The quantitative estimate of drug-likeness (QED) is 0.0603. The Labute approximate surface area is 355 Å². The molecule has 0 aromatic carbocycles. The molecular weight excluding hydrogens is 725 g/mol. The molecule has 6 N–H and O–H groups in total. The lowest BCUT2D eigenvalue weighted by Gasteiger charge is -2.59. The number of allylic oxidation sites excluding steroid dienone is 5. The molecule has 0 amide bonds. The first-order valence-electron chi connectivity index (χ1n) is 22.3. The topological polar surface area (TPSA) is 101 Å². The molecule has 4 aliphatic rings. The number of thiocarbonyl (C=S) groups is 2. The maximum Gasteiger partial charge on any atom is 0.184 e. The van der Waals surface area contributed by atoms with Gasteiger partial charge in [0.2, 0.25) is 0 Å². The zero-order chi connectivity index (χ0) is 41.9. The summed E-state index contributed by atoms with van der Waals surface area (Å²) < 4.78 is 0. The van der Waals surface area contributed by atoms with E-state index in [-0.39, 0.29) is 10.2 Å². The monoisotopic (exact) mass is 809 g/mol. The van der Waals surface area contributed by atoms with Crippen molar-refractivity contribution in [1.82, 2.24) is 10.9 Å². The van der Waals surface area contributed by atoms with Crippen molar-refractivity contribution in [1.29, 1.82) is 0 Å². The fourth-order valence-corrected chi connectivity index (χ4v) is 12.6. The minimum Gasteiger partial charge on any atom is -0.375 e. The highest BCUT2D eigenvalue weighted by Gasteiger charge is 2.54. The number of hydrogen-bond acceptors (Lipinski definition) is 4. The zero-order valence-corrected chi connectivity index (χ0v) is 39.5. The van der Waals surface area contributed by atoms with Crippen LogP contribution in [0.5, 0.6) is 0 Å². The predicted molar refractivity (Wildman–Crippen MR) is 253 cm³/mol. The van der Waals surface area contributed by atoms with Gasteiger partial charge in [0, 0.05) is 11.4 Å². The molecule has 4 saturated carbocycles. The molecule has 0 radical (unpaired) electrons. The van der Waals surface area contributed by atoms with E-state index < -0.39 is 0 Å². The van der Waals surface area contributed by atoms with Crippen molar-refractivity contribution in [2.45, 2.75) is 192 Å². The van der Waals surface area contributed by atoms with Crippen molar-refractivity contribution < 1.29 is 0 Å². The van der Waals surface area contributed by atoms with Crippen LogP contribution < -0.4 is 22.3 Å². The van der Waals surface area contributed by atoms with Gasteiger partial charge < -0.3 is 11.5 Å². The highest BCUT2D eigenvalue weighted by atomic mass is 32.1.